The van der Waals surface area contributed by atoms with Gasteiger partial charge in [0.1, 0.15) is 0 Å². The van der Waals surface area contributed by atoms with Crippen LogP contribution in [0, 0.1) is 0 Å². The third-order valence-corrected chi connectivity index (χ3v) is 9.05. The van der Waals surface area contributed by atoms with Gasteiger partial charge < -0.3 is 23.8 Å². The highest BCUT2D eigenvalue weighted by molar-refractivity contribution is 5.94. The Morgan fingerprint density at radius 1 is 0.843 bits per heavy atom. The molecule has 15 heteroatoms. The molecule has 51 heavy (non-hydrogen) atoms. The molecule has 0 unspecified atom stereocenters. The molecule has 2 fully saturated rings. The highest BCUT2D eigenvalue weighted by atomic mass is 19.4. The molecule has 12 nitrogen and oxygen atoms in total. The zero-order valence-electron chi connectivity index (χ0n) is 28.6. The summed E-state index contributed by atoms with van der Waals surface area (Å²) in [5.41, 5.74) is 2.63. The second-order valence-electron chi connectivity index (χ2n) is 12.3. The highest BCUT2D eigenvalue weighted by Crippen LogP contribution is 2.38. The number of aromatic nitrogens is 4. The number of benzene rings is 2. The van der Waals surface area contributed by atoms with Crippen LogP contribution < -0.4 is 18.9 Å². The Morgan fingerprint density at radius 2 is 1.49 bits per heavy atom. The van der Waals surface area contributed by atoms with Gasteiger partial charge in [-0.2, -0.15) is 23.1 Å². The van der Waals surface area contributed by atoms with Crippen LogP contribution in [0.3, 0.4) is 0 Å². The van der Waals surface area contributed by atoms with Crippen molar-refractivity contribution in [1.29, 1.82) is 0 Å². The van der Waals surface area contributed by atoms with Crippen LogP contribution in [0.15, 0.2) is 73.1 Å². The molecular formula is C36H40F3N7O5. The lowest BCUT2D eigenvalue weighted by molar-refractivity contribution is -0.154. The van der Waals surface area contributed by atoms with E-state index in [9.17, 15) is 18.0 Å². The predicted octanol–water partition coefficient (Wildman–Crippen LogP) is 4.47. The summed E-state index contributed by atoms with van der Waals surface area (Å²) in [5, 5.41) is 0. The topological polar surface area (TPSA) is 115 Å². The second-order valence-corrected chi connectivity index (χ2v) is 12.3. The van der Waals surface area contributed by atoms with Crippen molar-refractivity contribution in [2.75, 3.05) is 60.2 Å². The van der Waals surface area contributed by atoms with Crippen molar-refractivity contribution in [2.24, 2.45) is 0 Å². The van der Waals surface area contributed by atoms with Gasteiger partial charge in [-0.15, -0.1) is 0 Å². The SMILES string of the molecule is CCOc1nc(OC)c(CN2C[C@H]3CN(C(=O)c4nccnc4OC)CCN3[C@H](C(c3ccccc3)c3ccccc3)C2)c(OCC(F)(F)F)n1. The van der Waals surface area contributed by atoms with Crippen molar-refractivity contribution in [3.8, 4) is 23.7 Å². The van der Waals surface area contributed by atoms with Crippen LogP contribution in [0.4, 0.5) is 13.2 Å². The number of fused-ring (bicyclic) bond motifs is 1. The molecule has 2 aromatic carbocycles. The van der Waals surface area contributed by atoms with Crippen LogP contribution in [-0.2, 0) is 6.54 Å². The molecule has 0 saturated carbocycles. The number of carbonyl (C=O) groups is 1. The fourth-order valence-electron chi connectivity index (χ4n) is 6.97. The van der Waals surface area contributed by atoms with Gasteiger partial charge in [0.15, 0.2) is 12.3 Å². The molecular weight excluding hydrogens is 667 g/mol. The summed E-state index contributed by atoms with van der Waals surface area (Å²) < 4.78 is 61.8. The minimum Gasteiger partial charge on any atom is -0.481 e. The maximum atomic E-state index is 13.8. The van der Waals surface area contributed by atoms with Crippen molar-refractivity contribution >= 4 is 5.91 Å². The maximum Gasteiger partial charge on any atom is 0.422 e. The van der Waals surface area contributed by atoms with Crippen molar-refractivity contribution in [3.05, 3.63) is 95.4 Å². The Labute approximate surface area is 294 Å². The quantitative estimate of drug-likeness (QED) is 0.208. The van der Waals surface area contributed by atoms with Gasteiger partial charge in [-0.25, -0.2) is 9.97 Å². The van der Waals surface area contributed by atoms with Crippen LogP contribution in [0.5, 0.6) is 23.7 Å². The van der Waals surface area contributed by atoms with Crippen LogP contribution >= 0.6 is 0 Å². The Bertz CT molecular complexity index is 1730. The third kappa shape index (κ3) is 8.31. The van der Waals surface area contributed by atoms with Gasteiger partial charge in [0.05, 0.1) is 26.4 Å². The lowest BCUT2D eigenvalue weighted by atomic mass is 9.81. The smallest absolute Gasteiger partial charge is 0.422 e. The monoisotopic (exact) mass is 707 g/mol. The number of methoxy groups -OCH3 is 2. The third-order valence-electron chi connectivity index (χ3n) is 9.05. The lowest BCUT2D eigenvalue weighted by Gasteiger charge is -2.53. The molecule has 270 valence electrons. The summed E-state index contributed by atoms with van der Waals surface area (Å²) >= 11 is 0. The van der Waals surface area contributed by atoms with Crippen molar-refractivity contribution in [1.82, 2.24) is 34.6 Å². The number of amides is 1. The first-order valence-corrected chi connectivity index (χ1v) is 16.7. The van der Waals surface area contributed by atoms with Gasteiger partial charge in [-0.05, 0) is 18.1 Å². The molecule has 0 aliphatic carbocycles. The number of ether oxygens (including phenoxy) is 4. The number of rotatable bonds is 12. The van der Waals surface area contributed by atoms with Crippen LogP contribution in [-0.4, -0.2) is 119 Å². The van der Waals surface area contributed by atoms with Gasteiger partial charge in [0.2, 0.25) is 17.6 Å². The van der Waals surface area contributed by atoms with E-state index in [2.05, 4.69) is 54.0 Å². The minimum absolute atomic E-state index is 0.0578. The molecule has 4 heterocycles. The molecule has 2 saturated heterocycles. The Hall–Kier alpha value is -5.02. The van der Waals surface area contributed by atoms with Crippen molar-refractivity contribution in [2.45, 2.75) is 37.6 Å². The van der Waals surface area contributed by atoms with E-state index in [-0.39, 0.29) is 72.0 Å². The molecule has 6 rings (SSSR count). The largest absolute Gasteiger partial charge is 0.481 e. The molecule has 4 aromatic rings. The van der Waals surface area contributed by atoms with Crippen molar-refractivity contribution < 1.29 is 36.9 Å². The van der Waals surface area contributed by atoms with E-state index in [1.54, 1.807) is 11.8 Å². The molecule has 0 radical (unpaired) electrons. The van der Waals surface area contributed by atoms with Gasteiger partial charge in [0, 0.05) is 69.7 Å². The number of hydrogen-bond donors (Lipinski definition) is 0. The zero-order valence-corrected chi connectivity index (χ0v) is 28.6. The molecule has 1 amide bonds. The van der Waals surface area contributed by atoms with E-state index in [4.69, 9.17) is 18.9 Å². The molecule has 0 bridgehead atoms. The Kier molecular flexibility index (Phi) is 11.2. The molecule has 0 N–H and O–H groups in total. The van der Waals surface area contributed by atoms with E-state index >= 15 is 0 Å². The number of carbonyl (C=O) groups excluding carboxylic acids is 1. The van der Waals surface area contributed by atoms with Gasteiger partial charge in [-0.1, -0.05) is 60.7 Å². The van der Waals surface area contributed by atoms with E-state index in [0.717, 1.165) is 11.1 Å². The summed E-state index contributed by atoms with van der Waals surface area (Å²) in [6.07, 6.45) is -1.67. The fraction of sp³-hybridized carbons (Fsp3) is 0.417. The number of piperazine rings is 2. The average Bonchev–Trinajstić information content (AvgIpc) is 3.14. The zero-order chi connectivity index (χ0) is 36.0. The Morgan fingerprint density at radius 3 is 2.12 bits per heavy atom. The Balaban J connectivity index is 1.38. The first-order valence-electron chi connectivity index (χ1n) is 16.7. The molecule has 2 aliphatic rings. The first kappa shape index (κ1) is 35.8. The number of alkyl halides is 3. The maximum absolute atomic E-state index is 13.8. The molecule has 2 atom stereocenters. The molecule has 0 spiro atoms. The average molecular weight is 708 g/mol. The number of hydrogen-bond acceptors (Lipinski definition) is 11. The minimum atomic E-state index is -4.60. The van der Waals surface area contributed by atoms with E-state index < -0.39 is 12.8 Å². The van der Waals surface area contributed by atoms with Crippen LogP contribution in [0.2, 0.25) is 0 Å². The highest BCUT2D eigenvalue weighted by Gasteiger charge is 2.44. The summed E-state index contributed by atoms with van der Waals surface area (Å²) in [4.78, 5) is 37.1. The normalized spacial score (nSPS) is 18.3. The van der Waals surface area contributed by atoms with Gasteiger partial charge >= 0.3 is 12.2 Å². The summed E-state index contributed by atoms with van der Waals surface area (Å²) in [5.74, 6) is -0.419. The number of nitrogens with zero attached hydrogens (tertiary/aromatic N) is 7. The summed E-state index contributed by atoms with van der Waals surface area (Å²) in [6.45, 7) is 2.91. The fourth-order valence-corrected chi connectivity index (χ4v) is 6.97. The second kappa shape index (κ2) is 15.9. The van der Waals surface area contributed by atoms with Gasteiger partial charge in [0.25, 0.3) is 5.91 Å². The molecule has 2 aliphatic heterocycles. The van der Waals surface area contributed by atoms with Crippen LogP contribution in [0.1, 0.15) is 40.0 Å². The summed E-state index contributed by atoms with van der Waals surface area (Å²) in [7, 11) is 2.84. The molecule has 2 aromatic heterocycles. The van der Waals surface area contributed by atoms with Crippen LogP contribution in [0.25, 0.3) is 0 Å². The van der Waals surface area contributed by atoms with E-state index in [1.165, 1.54) is 26.6 Å². The lowest BCUT2D eigenvalue weighted by Crippen LogP contribution is -2.67. The first-order chi connectivity index (χ1) is 24.7. The van der Waals surface area contributed by atoms with Gasteiger partial charge in [-0.3, -0.25) is 14.6 Å². The van der Waals surface area contributed by atoms with E-state index in [0.29, 0.717) is 32.7 Å². The standard InChI is InChI=1S/C36H40F3N7O5/c1-4-50-35-42-31(48-2)27(32(43-35)51-23-36(37,38)39)21-44-19-26-20-45(34(47)30-33(49-3)41-16-15-40-30)17-18-46(26)28(22-44)29(24-11-7-5-8-12-24)25-13-9-6-10-14-25/h5-16,26,28-29H,4,17-23H2,1-3H3/t26-,28-/m0/s1. The number of halogens is 3. The predicted molar refractivity (Wildman–Crippen MR) is 180 cm³/mol. The van der Waals surface area contributed by atoms with Crippen molar-refractivity contribution in [3.63, 3.8) is 0 Å². The summed E-state index contributed by atoms with van der Waals surface area (Å²) in [6, 6.07) is 20.1. The van der Waals surface area contributed by atoms with E-state index in [1.807, 2.05) is 36.4 Å².